The summed E-state index contributed by atoms with van der Waals surface area (Å²) in [7, 11) is 3.03. The maximum Gasteiger partial charge on any atom is 0.200 e. The molecule has 0 aliphatic carbocycles. The van der Waals surface area contributed by atoms with E-state index >= 15 is 0 Å². The Kier molecular flexibility index (Phi) is 5.91. The van der Waals surface area contributed by atoms with Crippen LogP contribution in [0.15, 0.2) is 18.2 Å². The molecule has 0 aliphatic rings. The summed E-state index contributed by atoms with van der Waals surface area (Å²) in [5, 5.41) is 0.594. The lowest BCUT2D eigenvalue weighted by Gasteiger charge is -2.13. The predicted molar refractivity (Wildman–Crippen MR) is 93.1 cm³/mol. The van der Waals surface area contributed by atoms with Gasteiger partial charge in [0, 0.05) is 5.56 Å². The van der Waals surface area contributed by atoms with Gasteiger partial charge in [-0.25, -0.2) is 0 Å². The molecule has 2 rings (SSSR count). The second-order valence-electron chi connectivity index (χ2n) is 5.02. The number of Topliss-reactive ketones (excluding diaryl/α,β-unsaturated/α-hetero) is 1. The van der Waals surface area contributed by atoms with Crippen molar-refractivity contribution in [2.75, 3.05) is 20.8 Å². The Bertz CT molecular complexity index is 751. The van der Waals surface area contributed by atoms with E-state index in [9.17, 15) is 4.79 Å². The van der Waals surface area contributed by atoms with E-state index in [4.69, 9.17) is 37.4 Å². The normalized spacial score (nSPS) is 10.4. The van der Waals surface area contributed by atoms with Crippen molar-refractivity contribution in [3.63, 3.8) is 0 Å². The zero-order chi connectivity index (χ0) is 17.9. The fraction of sp³-hybridized carbons (Fsp3) is 0.294. The average molecular weight is 370 g/mol. The Morgan fingerprint density at radius 1 is 1.04 bits per heavy atom. The molecule has 0 atom stereocenters. The second-order valence-corrected chi connectivity index (χ2v) is 5.78. The molecule has 5 nitrogen and oxygen atoms in total. The number of halogens is 2. The molecule has 1 aromatic carbocycles. The van der Waals surface area contributed by atoms with Gasteiger partial charge in [-0.3, -0.25) is 9.78 Å². The smallest absolute Gasteiger partial charge is 0.200 e. The van der Waals surface area contributed by atoms with Gasteiger partial charge in [-0.2, -0.15) is 0 Å². The number of carbonyl (C=O) groups excluding carboxylic acids is 1. The third kappa shape index (κ3) is 3.74. The van der Waals surface area contributed by atoms with Gasteiger partial charge in [0.1, 0.15) is 10.0 Å². The van der Waals surface area contributed by atoms with E-state index in [1.165, 1.54) is 14.2 Å². The number of ether oxygens (including phenoxy) is 3. The lowest BCUT2D eigenvalue weighted by Crippen LogP contribution is -2.13. The highest BCUT2D eigenvalue weighted by Gasteiger charge is 2.17. The first-order valence-corrected chi connectivity index (χ1v) is 7.84. The number of aromatic nitrogens is 1. The van der Waals surface area contributed by atoms with Crippen molar-refractivity contribution in [3.05, 3.63) is 45.2 Å². The molecule has 0 saturated heterocycles. The molecule has 0 amide bonds. The van der Waals surface area contributed by atoms with Crippen LogP contribution >= 0.6 is 23.2 Å². The Balaban J connectivity index is 2.20. The SMILES string of the molecule is COc1ccc(C(=O)COc2c(Cl)c(C)nc(C)c2Cl)cc1OC. The maximum atomic E-state index is 12.4. The second kappa shape index (κ2) is 7.73. The first-order chi connectivity index (χ1) is 11.4. The lowest BCUT2D eigenvalue weighted by molar-refractivity contribution is 0.0921. The number of benzene rings is 1. The Labute approximate surface area is 150 Å². The van der Waals surface area contributed by atoms with E-state index in [1.54, 1.807) is 32.0 Å². The molecule has 2 aromatic rings. The Morgan fingerprint density at radius 3 is 2.17 bits per heavy atom. The number of nitrogens with zero attached hydrogens (tertiary/aromatic N) is 1. The van der Waals surface area contributed by atoms with Crippen molar-refractivity contribution in [3.8, 4) is 17.2 Å². The van der Waals surface area contributed by atoms with Crippen molar-refractivity contribution in [2.24, 2.45) is 0 Å². The topological polar surface area (TPSA) is 57.7 Å². The largest absolute Gasteiger partial charge is 0.493 e. The van der Waals surface area contributed by atoms with Crippen LogP contribution in [0.1, 0.15) is 21.7 Å². The van der Waals surface area contributed by atoms with Crippen LogP contribution in [0.4, 0.5) is 0 Å². The number of methoxy groups -OCH3 is 2. The van der Waals surface area contributed by atoms with E-state index in [0.717, 1.165) is 0 Å². The van der Waals surface area contributed by atoms with Gasteiger partial charge in [-0.15, -0.1) is 0 Å². The summed E-state index contributed by atoms with van der Waals surface area (Å²) in [5.41, 5.74) is 1.61. The highest BCUT2D eigenvalue weighted by Crippen LogP contribution is 2.36. The molecule has 1 aromatic heterocycles. The molecule has 0 fully saturated rings. The van der Waals surface area contributed by atoms with Gasteiger partial charge in [-0.1, -0.05) is 23.2 Å². The van der Waals surface area contributed by atoms with Crippen molar-refractivity contribution in [1.29, 1.82) is 0 Å². The zero-order valence-electron chi connectivity index (χ0n) is 13.8. The third-order valence-electron chi connectivity index (χ3n) is 3.42. The van der Waals surface area contributed by atoms with Crippen molar-refractivity contribution < 1.29 is 19.0 Å². The van der Waals surface area contributed by atoms with Crippen LogP contribution in [-0.2, 0) is 0 Å². The summed E-state index contributed by atoms with van der Waals surface area (Å²) in [6.45, 7) is 3.28. The van der Waals surface area contributed by atoms with Gasteiger partial charge >= 0.3 is 0 Å². The molecular weight excluding hydrogens is 353 g/mol. The van der Waals surface area contributed by atoms with Crippen LogP contribution in [0.25, 0.3) is 0 Å². The Hall–Kier alpha value is -1.98. The maximum absolute atomic E-state index is 12.4. The van der Waals surface area contributed by atoms with Gasteiger partial charge in [-0.05, 0) is 32.0 Å². The lowest BCUT2D eigenvalue weighted by atomic mass is 10.1. The predicted octanol–water partition coefficient (Wildman–Crippen LogP) is 4.28. The summed E-state index contributed by atoms with van der Waals surface area (Å²) in [6.07, 6.45) is 0. The van der Waals surface area contributed by atoms with Gasteiger partial charge < -0.3 is 14.2 Å². The highest BCUT2D eigenvalue weighted by atomic mass is 35.5. The van der Waals surface area contributed by atoms with Crippen LogP contribution in [0.2, 0.25) is 10.0 Å². The molecule has 0 radical (unpaired) electrons. The van der Waals surface area contributed by atoms with E-state index in [-0.39, 0.29) is 18.1 Å². The van der Waals surface area contributed by atoms with E-state index in [2.05, 4.69) is 4.98 Å². The van der Waals surface area contributed by atoms with Crippen molar-refractivity contribution in [2.45, 2.75) is 13.8 Å². The minimum absolute atomic E-state index is 0.210. The number of aryl methyl sites for hydroxylation is 2. The fourth-order valence-electron chi connectivity index (χ4n) is 2.13. The summed E-state index contributed by atoms with van der Waals surface area (Å²) < 4.78 is 15.9. The first kappa shape index (κ1) is 18.4. The quantitative estimate of drug-likeness (QED) is 0.711. The number of hydrogen-bond acceptors (Lipinski definition) is 5. The van der Waals surface area contributed by atoms with Crippen LogP contribution < -0.4 is 14.2 Å². The molecule has 0 bridgehead atoms. The molecule has 24 heavy (non-hydrogen) atoms. The summed E-state index contributed by atoms with van der Waals surface area (Å²) >= 11 is 12.3. The number of carbonyl (C=O) groups is 1. The van der Waals surface area contributed by atoms with Gasteiger partial charge in [0.2, 0.25) is 0 Å². The number of rotatable bonds is 6. The minimum atomic E-state index is -0.241. The summed E-state index contributed by atoms with van der Waals surface area (Å²) in [6, 6.07) is 4.89. The van der Waals surface area contributed by atoms with E-state index < -0.39 is 0 Å². The Morgan fingerprint density at radius 2 is 1.62 bits per heavy atom. The van der Waals surface area contributed by atoms with E-state index in [0.29, 0.717) is 38.5 Å². The zero-order valence-corrected chi connectivity index (χ0v) is 15.3. The average Bonchev–Trinajstić information content (AvgIpc) is 2.59. The first-order valence-electron chi connectivity index (χ1n) is 7.09. The molecule has 7 heteroatoms. The van der Waals surface area contributed by atoms with Gasteiger partial charge in [0.05, 0.1) is 25.6 Å². The molecule has 0 N–H and O–H groups in total. The number of pyridine rings is 1. The van der Waals surface area contributed by atoms with Gasteiger partial charge in [0.15, 0.2) is 29.6 Å². The van der Waals surface area contributed by atoms with E-state index in [1.807, 2.05) is 0 Å². The highest BCUT2D eigenvalue weighted by molar-refractivity contribution is 6.37. The molecule has 1 heterocycles. The molecule has 0 aliphatic heterocycles. The molecule has 0 saturated carbocycles. The monoisotopic (exact) mass is 369 g/mol. The fourth-order valence-corrected chi connectivity index (χ4v) is 2.56. The van der Waals surface area contributed by atoms with Crippen LogP contribution in [0, 0.1) is 13.8 Å². The van der Waals surface area contributed by atoms with Crippen LogP contribution in [0.3, 0.4) is 0 Å². The van der Waals surface area contributed by atoms with Crippen LogP contribution in [-0.4, -0.2) is 31.6 Å². The molecular formula is C17H17Cl2NO4. The third-order valence-corrected chi connectivity index (χ3v) is 4.31. The van der Waals surface area contributed by atoms with Crippen molar-refractivity contribution in [1.82, 2.24) is 4.98 Å². The minimum Gasteiger partial charge on any atom is -0.493 e. The number of ketones is 1. The number of hydrogen-bond donors (Lipinski definition) is 0. The molecule has 0 unspecified atom stereocenters. The molecule has 0 spiro atoms. The standard InChI is InChI=1S/C17H17Cl2NO4/c1-9-15(18)17(16(19)10(2)20-9)24-8-12(21)11-5-6-13(22-3)14(7-11)23-4/h5-7H,8H2,1-4H3. The van der Waals surface area contributed by atoms with Crippen molar-refractivity contribution >= 4 is 29.0 Å². The summed E-state index contributed by atoms with van der Waals surface area (Å²) in [4.78, 5) is 16.6. The summed E-state index contributed by atoms with van der Waals surface area (Å²) in [5.74, 6) is 1.03. The van der Waals surface area contributed by atoms with Crippen LogP contribution in [0.5, 0.6) is 17.2 Å². The van der Waals surface area contributed by atoms with Gasteiger partial charge in [0.25, 0.3) is 0 Å². The molecule has 128 valence electrons.